The van der Waals surface area contributed by atoms with Gasteiger partial charge in [0.25, 0.3) is 5.91 Å². The first-order chi connectivity index (χ1) is 16.3. The van der Waals surface area contributed by atoms with E-state index >= 15 is 0 Å². The van der Waals surface area contributed by atoms with Gasteiger partial charge in [-0.2, -0.15) is 0 Å². The molecule has 1 saturated heterocycles. The highest BCUT2D eigenvalue weighted by Crippen LogP contribution is 2.40. The van der Waals surface area contributed by atoms with E-state index in [1.807, 2.05) is 24.4 Å². The summed E-state index contributed by atoms with van der Waals surface area (Å²) >= 11 is 13.0. The molecule has 0 radical (unpaired) electrons. The molecule has 1 amide bonds. The lowest BCUT2D eigenvalue weighted by atomic mass is 10.1. The average Bonchev–Trinajstić information content (AvgIpc) is 3.55. The highest BCUT2D eigenvalue weighted by atomic mass is 35.5. The predicted octanol–water partition coefficient (Wildman–Crippen LogP) is 6.04. The third-order valence-electron chi connectivity index (χ3n) is 7.01. The zero-order valence-electron chi connectivity index (χ0n) is 19.6. The van der Waals surface area contributed by atoms with Gasteiger partial charge in [0.2, 0.25) is 0 Å². The standard InChI is InChI=1S/C26H29Cl2N5O/c1-15-13-33(14-16(2)32(15)3)19-7-8-20(23(28)11-19)26(34)30-18-6-9-22(27)21(10-18)25-29-12-24(31-25)17-4-5-17/h6-12,15-17H,4-5,13-14H2,1-3H3,(H,29,31)(H,30,34)/t15-,16+. The van der Waals surface area contributed by atoms with Gasteiger partial charge in [-0.1, -0.05) is 23.2 Å². The van der Waals surface area contributed by atoms with Crippen molar-refractivity contribution in [2.75, 3.05) is 30.4 Å². The Morgan fingerprint density at radius 2 is 1.79 bits per heavy atom. The molecule has 1 aliphatic heterocycles. The molecule has 1 aromatic heterocycles. The average molecular weight is 498 g/mol. The van der Waals surface area contributed by atoms with Crippen LogP contribution in [0.15, 0.2) is 42.6 Å². The Balaban J connectivity index is 1.32. The van der Waals surface area contributed by atoms with Crippen molar-refractivity contribution in [3.8, 4) is 11.4 Å². The zero-order valence-corrected chi connectivity index (χ0v) is 21.1. The SMILES string of the molecule is C[C@@H]1CN(c2ccc(C(=O)Nc3ccc(Cl)c(-c4ncc(C5CC5)[nH]4)c3)c(Cl)c2)C[C@H](C)N1C. The number of aromatic amines is 1. The molecule has 3 aromatic rings. The summed E-state index contributed by atoms with van der Waals surface area (Å²) in [7, 11) is 2.16. The highest BCUT2D eigenvalue weighted by molar-refractivity contribution is 6.35. The predicted molar refractivity (Wildman–Crippen MR) is 139 cm³/mol. The number of H-pyrrole nitrogens is 1. The molecule has 6 nitrogen and oxygen atoms in total. The van der Waals surface area contributed by atoms with Crippen molar-refractivity contribution >= 4 is 40.5 Å². The smallest absolute Gasteiger partial charge is 0.257 e. The number of hydrogen-bond acceptors (Lipinski definition) is 4. The number of rotatable bonds is 5. The van der Waals surface area contributed by atoms with Crippen LogP contribution in [0.4, 0.5) is 11.4 Å². The third kappa shape index (κ3) is 4.67. The number of aromatic nitrogens is 2. The van der Waals surface area contributed by atoms with Crippen LogP contribution in [0.5, 0.6) is 0 Å². The van der Waals surface area contributed by atoms with Crippen LogP contribution in [0, 0.1) is 0 Å². The Morgan fingerprint density at radius 1 is 1.06 bits per heavy atom. The molecule has 1 saturated carbocycles. The van der Waals surface area contributed by atoms with E-state index in [-0.39, 0.29) is 5.91 Å². The fourth-order valence-corrected chi connectivity index (χ4v) is 5.02. The minimum atomic E-state index is -0.261. The Labute approximate surface area is 210 Å². The molecule has 0 spiro atoms. The normalized spacial score (nSPS) is 21.0. The Morgan fingerprint density at radius 3 is 2.47 bits per heavy atom. The van der Waals surface area contributed by atoms with Crippen LogP contribution < -0.4 is 10.2 Å². The molecular formula is C26H29Cl2N5O. The number of halogens is 2. The molecule has 1 aliphatic carbocycles. The number of hydrogen-bond donors (Lipinski definition) is 2. The summed E-state index contributed by atoms with van der Waals surface area (Å²) in [5, 5.41) is 3.96. The summed E-state index contributed by atoms with van der Waals surface area (Å²) < 4.78 is 0. The fourth-order valence-electron chi connectivity index (χ4n) is 4.56. The Kier molecular flexibility index (Phi) is 6.32. The number of imidazole rings is 1. The van der Waals surface area contributed by atoms with Crippen molar-refractivity contribution < 1.29 is 4.79 Å². The van der Waals surface area contributed by atoms with Crippen LogP contribution in [0.25, 0.3) is 11.4 Å². The van der Waals surface area contributed by atoms with Gasteiger partial charge in [-0.25, -0.2) is 4.98 Å². The lowest BCUT2D eigenvalue weighted by Crippen LogP contribution is -2.55. The molecule has 178 valence electrons. The van der Waals surface area contributed by atoms with Crippen LogP contribution in [-0.4, -0.2) is 53.0 Å². The van der Waals surface area contributed by atoms with Crippen LogP contribution in [0.3, 0.4) is 0 Å². The first kappa shape index (κ1) is 23.2. The maximum Gasteiger partial charge on any atom is 0.257 e. The topological polar surface area (TPSA) is 64.3 Å². The number of piperazine rings is 1. The summed E-state index contributed by atoms with van der Waals surface area (Å²) in [6.45, 7) is 6.29. The summed E-state index contributed by atoms with van der Waals surface area (Å²) in [4.78, 5) is 25.6. The van der Waals surface area contributed by atoms with Crippen LogP contribution in [-0.2, 0) is 0 Å². The summed E-state index contributed by atoms with van der Waals surface area (Å²) in [5.74, 6) is 1.02. The van der Waals surface area contributed by atoms with Crippen molar-refractivity contribution in [3.63, 3.8) is 0 Å². The van der Waals surface area contributed by atoms with Crippen molar-refractivity contribution in [2.45, 2.75) is 44.7 Å². The summed E-state index contributed by atoms with van der Waals surface area (Å²) in [6, 6.07) is 11.9. The van der Waals surface area contributed by atoms with Gasteiger partial charge in [-0.15, -0.1) is 0 Å². The Hall–Kier alpha value is -2.54. The van der Waals surface area contributed by atoms with Crippen LogP contribution >= 0.6 is 23.2 Å². The third-order valence-corrected chi connectivity index (χ3v) is 7.66. The van der Waals surface area contributed by atoms with Crippen molar-refractivity contribution in [1.29, 1.82) is 0 Å². The minimum Gasteiger partial charge on any atom is -0.368 e. The number of nitrogens with one attached hydrogen (secondary N) is 2. The second kappa shape index (κ2) is 9.25. The monoisotopic (exact) mass is 497 g/mol. The molecule has 2 aliphatic rings. The zero-order chi connectivity index (χ0) is 24.0. The van der Waals surface area contributed by atoms with Crippen molar-refractivity contribution in [1.82, 2.24) is 14.9 Å². The molecule has 8 heteroatoms. The lowest BCUT2D eigenvalue weighted by Gasteiger charge is -2.43. The van der Waals surface area contributed by atoms with Gasteiger partial charge in [0.05, 0.1) is 15.6 Å². The maximum atomic E-state index is 13.0. The summed E-state index contributed by atoms with van der Waals surface area (Å²) in [6.07, 6.45) is 4.26. The molecule has 2 atom stereocenters. The number of amides is 1. The van der Waals surface area contributed by atoms with E-state index in [1.54, 1.807) is 18.2 Å². The van der Waals surface area contributed by atoms with Crippen LogP contribution in [0.1, 0.15) is 48.7 Å². The highest BCUT2D eigenvalue weighted by Gasteiger charge is 2.27. The van der Waals surface area contributed by atoms with Crippen molar-refractivity contribution in [3.05, 3.63) is 63.9 Å². The Bertz CT molecular complexity index is 1210. The molecule has 2 heterocycles. The van der Waals surface area contributed by atoms with Gasteiger partial charge in [0, 0.05) is 59.9 Å². The van der Waals surface area contributed by atoms with E-state index in [0.29, 0.717) is 45.1 Å². The molecule has 2 N–H and O–H groups in total. The van der Waals surface area contributed by atoms with Gasteiger partial charge in [0.1, 0.15) is 5.82 Å². The van der Waals surface area contributed by atoms with Gasteiger partial charge in [0.15, 0.2) is 0 Å². The summed E-state index contributed by atoms with van der Waals surface area (Å²) in [5.41, 5.74) is 4.00. The van der Waals surface area contributed by atoms with Crippen LogP contribution in [0.2, 0.25) is 10.0 Å². The van der Waals surface area contributed by atoms with Gasteiger partial charge >= 0.3 is 0 Å². The first-order valence-corrected chi connectivity index (χ1v) is 12.5. The largest absolute Gasteiger partial charge is 0.368 e. The number of nitrogens with zero attached hydrogens (tertiary/aromatic N) is 3. The number of likely N-dealkylation sites (N-methyl/N-ethyl adjacent to an activating group) is 1. The number of anilines is 2. The van der Waals surface area contributed by atoms with E-state index < -0.39 is 0 Å². The minimum absolute atomic E-state index is 0.261. The molecule has 5 rings (SSSR count). The number of benzene rings is 2. The lowest BCUT2D eigenvalue weighted by molar-refractivity contribution is 0.102. The van der Waals surface area contributed by atoms with E-state index in [2.05, 4.69) is 46.0 Å². The van der Waals surface area contributed by atoms with E-state index in [4.69, 9.17) is 23.2 Å². The van der Waals surface area contributed by atoms with Gasteiger partial charge < -0.3 is 15.2 Å². The second-order valence-corrected chi connectivity index (χ2v) is 10.4. The second-order valence-electron chi connectivity index (χ2n) is 9.54. The van der Waals surface area contributed by atoms with Gasteiger partial charge in [-0.3, -0.25) is 9.69 Å². The quantitative estimate of drug-likeness (QED) is 0.450. The van der Waals surface area contributed by atoms with E-state index in [9.17, 15) is 4.79 Å². The number of carbonyl (C=O) groups is 1. The van der Waals surface area contributed by atoms with Gasteiger partial charge in [-0.05, 0) is 70.1 Å². The van der Waals surface area contributed by atoms with E-state index in [1.165, 1.54) is 12.8 Å². The van der Waals surface area contributed by atoms with Crippen molar-refractivity contribution in [2.24, 2.45) is 0 Å². The molecule has 2 aromatic carbocycles. The first-order valence-electron chi connectivity index (χ1n) is 11.7. The maximum absolute atomic E-state index is 13.0. The molecule has 34 heavy (non-hydrogen) atoms. The number of carbonyl (C=O) groups excluding carboxylic acids is 1. The molecular weight excluding hydrogens is 469 g/mol. The van der Waals surface area contributed by atoms with E-state index in [0.717, 1.165) is 30.0 Å². The molecule has 0 bridgehead atoms. The molecule has 2 fully saturated rings. The fraction of sp³-hybridized carbons (Fsp3) is 0.385. The molecule has 0 unspecified atom stereocenters.